The van der Waals surface area contributed by atoms with Gasteiger partial charge in [0, 0.05) is 92.3 Å². The van der Waals surface area contributed by atoms with E-state index in [4.69, 9.17) is 106 Å². The summed E-state index contributed by atoms with van der Waals surface area (Å²) in [5.41, 5.74) is 21.6. The molecule has 3 heterocycles. The van der Waals surface area contributed by atoms with E-state index >= 15 is 0 Å². The molecule has 0 spiro atoms. The van der Waals surface area contributed by atoms with Gasteiger partial charge in [-0.15, -0.1) is 0 Å². The molecule has 6 rings (SSSR count). The van der Waals surface area contributed by atoms with Crippen LogP contribution >= 0.6 is 69.6 Å². The van der Waals surface area contributed by atoms with Gasteiger partial charge in [-0.05, 0) is 79.9 Å². The van der Waals surface area contributed by atoms with Crippen molar-refractivity contribution in [3.63, 3.8) is 0 Å². The molecule has 0 aliphatic carbocycles. The summed E-state index contributed by atoms with van der Waals surface area (Å²) in [4.78, 5) is 66.8. The fraction of sp³-hybridized carbons (Fsp3) is 0.562. The summed E-state index contributed by atoms with van der Waals surface area (Å²) in [5.74, 6) is -2.44. The van der Waals surface area contributed by atoms with Crippen LogP contribution in [0, 0.1) is 29.6 Å². The number of nitrogens with zero attached hydrogens (tertiary/aromatic N) is 3. The molecule has 3 aromatic rings. The van der Waals surface area contributed by atoms with E-state index in [-0.39, 0.29) is 103 Å². The number of hydrogen-bond donors (Lipinski definition) is 8. The predicted octanol–water partition coefficient (Wildman–Crippen LogP) is 6.01. The number of phenolic OH excluding ortho intramolecular Hbond substituents is 1. The molecule has 3 aliphatic heterocycles. The minimum atomic E-state index is -1.58. The number of carbonyl (C=O) groups is 3. The highest BCUT2D eigenvalue weighted by atomic mass is 35.5. The van der Waals surface area contributed by atoms with E-state index in [0.29, 0.717) is 61.9 Å². The van der Waals surface area contributed by atoms with Crippen LogP contribution in [0.15, 0.2) is 36.4 Å². The Labute approximate surface area is 447 Å². The lowest BCUT2D eigenvalue weighted by Gasteiger charge is -2.41. The van der Waals surface area contributed by atoms with Gasteiger partial charge in [-0.2, -0.15) is 9.78 Å². The number of rotatable bonds is 18. The normalized spacial score (nSPS) is 23.4. The van der Waals surface area contributed by atoms with Crippen LogP contribution in [0.4, 0.5) is 0 Å². The van der Waals surface area contributed by atoms with E-state index < -0.39 is 74.0 Å². The van der Waals surface area contributed by atoms with Crippen molar-refractivity contribution < 1.29 is 59.5 Å². The number of carbonyl (C=O) groups excluding carboxylic acids is 3. The lowest BCUT2D eigenvalue weighted by Crippen LogP contribution is -2.50. The van der Waals surface area contributed by atoms with Crippen LogP contribution in [0.25, 0.3) is 0 Å². The molecule has 18 nitrogen and oxygen atoms in total. The Balaban J connectivity index is 1.03. The van der Waals surface area contributed by atoms with Gasteiger partial charge in [0.15, 0.2) is 23.7 Å². The topological polar surface area (TPSA) is 277 Å². The first kappa shape index (κ1) is 58.1. The second kappa shape index (κ2) is 26.1. The van der Waals surface area contributed by atoms with Gasteiger partial charge in [-0.3, -0.25) is 14.4 Å². The fourth-order valence-corrected chi connectivity index (χ4v) is 11.0. The average Bonchev–Trinajstić information content (AvgIpc) is 3.62. The molecule has 11 N–H and O–H groups in total. The van der Waals surface area contributed by atoms with Crippen molar-refractivity contribution in [2.24, 2.45) is 46.8 Å². The molecule has 398 valence electrons. The summed E-state index contributed by atoms with van der Waals surface area (Å²) in [6.07, 6.45) is -1.91. The third-order valence-corrected chi connectivity index (χ3v) is 16.3. The summed E-state index contributed by atoms with van der Waals surface area (Å²) >= 11 is 37.9. The third kappa shape index (κ3) is 13.8. The van der Waals surface area contributed by atoms with E-state index in [1.807, 2.05) is 13.8 Å². The summed E-state index contributed by atoms with van der Waals surface area (Å²) < 4.78 is 0. The minimum absolute atomic E-state index is 0.0627. The molecule has 0 bridgehead atoms. The molecule has 0 saturated carbocycles. The van der Waals surface area contributed by atoms with Gasteiger partial charge >= 0.3 is 0 Å². The standard InChI is InChI=1S/C48H62Cl6N6O12/c1-23-18-59(46(66)38(64)20-61)10-6-26(23)45(57)30-14-33(51)36(54)17-41(30)71-72-42(21-62)48(68)60-11-7-27(24(2)19-60)44(56)29-13-32(50)35(53)16-40(29)70-69-22-39(65)47(67)58-8-3-4-25(5-9-58)43(55)28-12-31(49)34(52)15-37(28)63/h12-17,23-27,38-39,42-45,61-65H,3-11,18-22,55-57H2,1-2H3/t23-,24+,25-,26+,27-,38-,39-,42-,43-,44-,45-/m1/s1. The molecular formula is C48H62Cl6N6O12. The van der Waals surface area contributed by atoms with Crippen LogP contribution in [0.3, 0.4) is 0 Å². The highest BCUT2D eigenvalue weighted by molar-refractivity contribution is 6.43. The third-order valence-electron chi connectivity index (χ3n) is 14.1. The number of hydrogen-bond acceptors (Lipinski definition) is 15. The number of nitrogens with two attached hydrogens (primary N) is 3. The molecule has 24 heteroatoms. The number of likely N-dealkylation sites (tertiary alicyclic amines) is 3. The van der Waals surface area contributed by atoms with Crippen molar-refractivity contribution in [3.05, 3.63) is 83.2 Å². The first-order valence-electron chi connectivity index (χ1n) is 23.6. The molecule has 3 aromatic carbocycles. The number of piperidine rings is 2. The first-order valence-corrected chi connectivity index (χ1v) is 25.9. The molecule has 72 heavy (non-hydrogen) atoms. The second-order valence-electron chi connectivity index (χ2n) is 18.9. The number of benzene rings is 3. The van der Waals surface area contributed by atoms with Crippen LogP contribution in [-0.2, 0) is 24.2 Å². The highest BCUT2D eigenvalue weighted by Crippen LogP contribution is 2.43. The Morgan fingerprint density at radius 3 is 1.60 bits per heavy atom. The van der Waals surface area contributed by atoms with E-state index in [0.717, 1.165) is 0 Å². The number of amides is 3. The Morgan fingerprint density at radius 2 is 1.07 bits per heavy atom. The maximum Gasteiger partial charge on any atom is 0.258 e. The largest absolute Gasteiger partial charge is 0.508 e. The van der Waals surface area contributed by atoms with Crippen LogP contribution in [0.1, 0.15) is 80.8 Å². The van der Waals surface area contributed by atoms with Crippen molar-refractivity contribution >= 4 is 87.3 Å². The Hall–Kier alpha value is -3.15. The highest BCUT2D eigenvalue weighted by Gasteiger charge is 2.39. The SMILES string of the molecule is C[C@@H]1CN(C(=O)[C@H](O)CO)CC[C@@H]1[C@@H](N)c1cc(Cl)c(Cl)cc1OO[C@H](CO)C(=O)N1CC[C@@H]([C@@H](N)c2cc(Cl)c(Cl)cc2OOC[C@@H](O)C(=O)N2CCC[C@@H]([C@@H](N)c3cc(Cl)c(Cl)cc3O)CC2)[C@@H](C)C1. The maximum atomic E-state index is 13.9. The van der Waals surface area contributed by atoms with Gasteiger partial charge in [0.05, 0.1) is 43.3 Å². The number of aromatic hydroxyl groups is 1. The molecule has 3 amide bonds. The van der Waals surface area contributed by atoms with Crippen molar-refractivity contribution in [2.45, 2.75) is 82.4 Å². The van der Waals surface area contributed by atoms with E-state index in [1.165, 1.54) is 32.9 Å². The molecule has 0 radical (unpaired) electrons. The van der Waals surface area contributed by atoms with Gasteiger partial charge < -0.3 is 67.2 Å². The Kier molecular flexibility index (Phi) is 21.0. The summed E-state index contributed by atoms with van der Waals surface area (Å²) in [7, 11) is 0. The van der Waals surface area contributed by atoms with Crippen molar-refractivity contribution in [1.82, 2.24) is 14.7 Å². The lowest BCUT2D eigenvalue weighted by atomic mass is 9.78. The number of aliphatic hydroxyl groups is 4. The predicted molar refractivity (Wildman–Crippen MR) is 272 cm³/mol. The number of phenols is 1. The molecule has 3 aliphatic rings. The van der Waals surface area contributed by atoms with Crippen LogP contribution in [-0.4, -0.2) is 135 Å². The summed E-state index contributed by atoms with van der Waals surface area (Å²) in [5, 5.41) is 52.0. The number of halogens is 6. The van der Waals surface area contributed by atoms with Gasteiger partial charge in [-0.1, -0.05) is 83.5 Å². The minimum Gasteiger partial charge on any atom is -0.508 e. The molecule has 3 saturated heterocycles. The average molecular weight is 1130 g/mol. The molecule has 0 aromatic heterocycles. The second-order valence-corrected chi connectivity index (χ2v) is 21.3. The van der Waals surface area contributed by atoms with Crippen molar-refractivity contribution in [2.75, 3.05) is 59.1 Å². The Morgan fingerprint density at radius 1 is 0.597 bits per heavy atom. The summed E-state index contributed by atoms with van der Waals surface area (Å²) in [6.45, 7) is 3.57. The zero-order chi connectivity index (χ0) is 52.7. The quantitative estimate of drug-likeness (QED) is 0.0535. The van der Waals surface area contributed by atoms with Crippen molar-refractivity contribution in [1.29, 1.82) is 0 Å². The van der Waals surface area contributed by atoms with E-state index in [9.17, 15) is 39.9 Å². The zero-order valence-electron chi connectivity index (χ0n) is 39.6. The van der Waals surface area contributed by atoms with Gasteiger partial charge in [-0.25, -0.2) is 0 Å². The Bertz CT molecular complexity index is 2400. The molecular weight excluding hydrogens is 1070 g/mol. The van der Waals surface area contributed by atoms with E-state index in [2.05, 4.69) is 0 Å². The van der Waals surface area contributed by atoms with E-state index in [1.54, 1.807) is 18.2 Å². The number of aliphatic hydroxyl groups excluding tert-OH is 4. The monoisotopic (exact) mass is 1120 g/mol. The smallest absolute Gasteiger partial charge is 0.258 e. The molecule has 3 fully saturated rings. The van der Waals surface area contributed by atoms with Gasteiger partial charge in [0.1, 0.15) is 12.4 Å². The van der Waals surface area contributed by atoms with Crippen LogP contribution < -0.4 is 27.0 Å². The molecule has 11 atom stereocenters. The van der Waals surface area contributed by atoms with Crippen LogP contribution in [0.2, 0.25) is 30.1 Å². The first-order chi connectivity index (χ1) is 34.1. The fourth-order valence-electron chi connectivity index (χ4n) is 9.98. The lowest BCUT2D eigenvalue weighted by molar-refractivity contribution is -0.251. The van der Waals surface area contributed by atoms with Gasteiger partial charge in [0.2, 0.25) is 6.10 Å². The maximum absolute atomic E-state index is 13.9. The van der Waals surface area contributed by atoms with Crippen molar-refractivity contribution in [3.8, 4) is 17.2 Å². The van der Waals surface area contributed by atoms with Gasteiger partial charge in [0.25, 0.3) is 17.7 Å². The summed E-state index contributed by atoms with van der Waals surface area (Å²) in [6, 6.07) is 6.86. The molecule has 0 unspecified atom stereocenters. The zero-order valence-corrected chi connectivity index (χ0v) is 44.2. The van der Waals surface area contributed by atoms with Crippen LogP contribution in [0.5, 0.6) is 17.2 Å².